The monoisotopic (exact) mass is 328 g/mol. The summed E-state index contributed by atoms with van der Waals surface area (Å²) >= 11 is 0. The van der Waals surface area contributed by atoms with E-state index in [1.54, 1.807) is 18.7 Å². The van der Waals surface area contributed by atoms with Gasteiger partial charge in [-0.3, -0.25) is 4.79 Å². The molecular weight excluding hydrogens is 308 g/mol. The Morgan fingerprint density at radius 1 is 1.29 bits per heavy atom. The molecule has 0 aromatic carbocycles. The molecule has 4 rings (SSSR count). The number of nitrogens with one attached hydrogen (secondary N) is 1. The van der Waals surface area contributed by atoms with Crippen LogP contribution in [0.5, 0.6) is 0 Å². The summed E-state index contributed by atoms with van der Waals surface area (Å²) in [6.07, 6.45) is 5.74. The van der Waals surface area contributed by atoms with E-state index in [2.05, 4.69) is 20.2 Å². The molecule has 2 aromatic rings. The fraction of sp³-hybridized carbons (Fsp3) is 0.471. The first-order valence-electron chi connectivity index (χ1n) is 8.22. The molecule has 3 atom stereocenters. The summed E-state index contributed by atoms with van der Waals surface area (Å²) < 4.78 is 11.1. The minimum atomic E-state index is 0.0371. The number of fused-ring (bicyclic) bond motifs is 1. The number of nitrogens with zero attached hydrogens (tertiary/aromatic N) is 3. The molecule has 7 heteroatoms. The Hall–Kier alpha value is -2.41. The van der Waals surface area contributed by atoms with Crippen molar-refractivity contribution in [3.8, 4) is 0 Å². The van der Waals surface area contributed by atoms with Crippen LogP contribution in [0.1, 0.15) is 12.2 Å². The van der Waals surface area contributed by atoms with Crippen LogP contribution in [0, 0.1) is 11.8 Å². The normalized spacial score (nSPS) is 25.7. The highest BCUT2D eigenvalue weighted by Gasteiger charge is 2.45. The Balaban J connectivity index is 1.32. The minimum absolute atomic E-state index is 0.0371. The van der Waals surface area contributed by atoms with E-state index < -0.39 is 0 Å². The molecule has 0 saturated carbocycles. The van der Waals surface area contributed by atoms with Gasteiger partial charge in [0.15, 0.2) is 0 Å². The zero-order chi connectivity index (χ0) is 16.4. The number of anilines is 1. The van der Waals surface area contributed by atoms with E-state index in [1.165, 1.54) is 0 Å². The van der Waals surface area contributed by atoms with Gasteiger partial charge in [0.25, 0.3) is 0 Å². The van der Waals surface area contributed by atoms with Gasteiger partial charge in [0.2, 0.25) is 11.9 Å². The minimum Gasteiger partial charge on any atom is -0.467 e. The van der Waals surface area contributed by atoms with Gasteiger partial charge in [-0.05, 0) is 24.1 Å². The van der Waals surface area contributed by atoms with Crippen LogP contribution in [0.4, 0.5) is 5.95 Å². The molecule has 2 fully saturated rings. The highest BCUT2D eigenvalue weighted by molar-refractivity contribution is 5.76. The number of carbonyl (C=O) groups is 1. The lowest BCUT2D eigenvalue weighted by Gasteiger charge is -2.19. The average Bonchev–Trinajstić information content (AvgIpc) is 3.32. The molecule has 0 unspecified atom stereocenters. The summed E-state index contributed by atoms with van der Waals surface area (Å²) in [6, 6.07) is 5.47. The fourth-order valence-electron chi connectivity index (χ4n) is 3.54. The maximum absolute atomic E-state index is 12.2. The predicted octanol–water partition coefficient (Wildman–Crippen LogP) is 1.23. The number of furan rings is 1. The van der Waals surface area contributed by atoms with Gasteiger partial charge in [0.05, 0.1) is 25.5 Å². The largest absolute Gasteiger partial charge is 0.467 e. The molecule has 7 nitrogen and oxygen atoms in total. The van der Waals surface area contributed by atoms with Crippen LogP contribution in [0.15, 0.2) is 41.3 Å². The first-order chi connectivity index (χ1) is 11.8. The fourth-order valence-corrected chi connectivity index (χ4v) is 3.54. The maximum Gasteiger partial charge on any atom is 0.225 e. The van der Waals surface area contributed by atoms with Crippen molar-refractivity contribution in [1.29, 1.82) is 0 Å². The highest BCUT2D eigenvalue weighted by atomic mass is 16.5. The van der Waals surface area contributed by atoms with E-state index in [4.69, 9.17) is 9.15 Å². The summed E-state index contributed by atoms with van der Waals surface area (Å²) in [5.74, 6) is 2.12. The molecule has 0 aliphatic carbocycles. The number of ether oxygens (including phenoxy) is 1. The molecule has 126 valence electrons. The molecule has 0 spiro atoms. The SMILES string of the molecule is O=C(C[C@@H]1CO[C@H]2CN(c3ncccn3)C[C@@H]12)NCc1ccco1. The van der Waals surface area contributed by atoms with Gasteiger partial charge in [0, 0.05) is 37.8 Å². The van der Waals surface area contributed by atoms with E-state index in [1.807, 2.05) is 18.2 Å². The van der Waals surface area contributed by atoms with Crippen molar-refractivity contribution in [2.75, 3.05) is 24.6 Å². The van der Waals surface area contributed by atoms with Crippen molar-refractivity contribution in [3.63, 3.8) is 0 Å². The summed E-state index contributed by atoms with van der Waals surface area (Å²) in [7, 11) is 0. The molecule has 2 aliphatic rings. The van der Waals surface area contributed by atoms with Crippen molar-refractivity contribution in [2.24, 2.45) is 11.8 Å². The smallest absolute Gasteiger partial charge is 0.225 e. The van der Waals surface area contributed by atoms with Crippen LogP contribution in [0.2, 0.25) is 0 Å². The number of aromatic nitrogens is 2. The number of rotatable bonds is 5. The molecule has 0 radical (unpaired) electrons. The van der Waals surface area contributed by atoms with Crippen molar-refractivity contribution in [1.82, 2.24) is 15.3 Å². The zero-order valence-corrected chi connectivity index (χ0v) is 13.3. The Labute approximate surface area is 140 Å². The molecule has 4 heterocycles. The standard InChI is InChI=1S/C17H20N4O3/c22-16(20-8-13-3-1-6-23-13)7-12-11-24-15-10-21(9-14(12)15)17-18-4-2-5-19-17/h1-6,12,14-15H,7-11H2,(H,20,22)/t12-,14+,15+/m1/s1. The molecule has 1 amide bonds. The lowest BCUT2D eigenvalue weighted by Crippen LogP contribution is -2.30. The third-order valence-corrected chi connectivity index (χ3v) is 4.76. The van der Waals surface area contributed by atoms with Crippen LogP contribution in [-0.4, -0.2) is 41.7 Å². The first kappa shape index (κ1) is 15.1. The molecule has 0 bridgehead atoms. The quantitative estimate of drug-likeness (QED) is 0.889. The molecule has 2 aromatic heterocycles. The van der Waals surface area contributed by atoms with E-state index in [0.717, 1.165) is 24.8 Å². The second-order valence-corrected chi connectivity index (χ2v) is 6.31. The average molecular weight is 328 g/mol. The molecule has 24 heavy (non-hydrogen) atoms. The Morgan fingerprint density at radius 3 is 2.96 bits per heavy atom. The third-order valence-electron chi connectivity index (χ3n) is 4.76. The summed E-state index contributed by atoms with van der Waals surface area (Å²) in [6.45, 7) is 2.70. The van der Waals surface area contributed by atoms with Crippen molar-refractivity contribution >= 4 is 11.9 Å². The van der Waals surface area contributed by atoms with Crippen molar-refractivity contribution < 1.29 is 13.9 Å². The second kappa shape index (κ2) is 6.60. The zero-order valence-electron chi connectivity index (χ0n) is 13.3. The first-order valence-corrected chi connectivity index (χ1v) is 8.22. The van der Waals surface area contributed by atoms with Gasteiger partial charge in [-0.2, -0.15) is 0 Å². The Bertz CT molecular complexity index is 676. The Morgan fingerprint density at radius 2 is 2.17 bits per heavy atom. The van der Waals surface area contributed by atoms with Crippen LogP contribution in [0.25, 0.3) is 0 Å². The van der Waals surface area contributed by atoms with Gasteiger partial charge in [-0.25, -0.2) is 9.97 Å². The highest BCUT2D eigenvalue weighted by Crippen LogP contribution is 2.36. The number of hydrogen-bond donors (Lipinski definition) is 1. The van der Waals surface area contributed by atoms with Gasteiger partial charge in [0.1, 0.15) is 5.76 Å². The van der Waals surface area contributed by atoms with E-state index >= 15 is 0 Å². The number of carbonyl (C=O) groups excluding carboxylic acids is 1. The van der Waals surface area contributed by atoms with E-state index in [9.17, 15) is 4.79 Å². The van der Waals surface area contributed by atoms with Crippen molar-refractivity contribution in [3.05, 3.63) is 42.6 Å². The van der Waals surface area contributed by atoms with Crippen LogP contribution in [0.3, 0.4) is 0 Å². The maximum atomic E-state index is 12.2. The number of hydrogen-bond acceptors (Lipinski definition) is 6. The molecule has 1 N–H and O–H groups in total. The summed E-state index contributed by atoms with van der Waals surface area (Å²) in [5.41, 5.74) is 0. The third kappa shape index (κ3) is 3.12. The van der Waals surface area contributed by atoms with Crippen LogP contribution < -0.4 is 10.2 Å². The topological polar surface area (TPSA) is 80.5 Å². The lowest BCUT2D eigenvalue weighted by molar-refractivity contribution is -0.122. The predicted molar refractivity (Wildman–Crippen MR) is 86.1 cm³/mol. The molecule has 2 aliphatic heterocycles. The van der Waals surface area contributed by atoms with Gasteiger partial charge < -0.3 is 19.4 Å². The van der Waals surface area contributed by atoms with Crippen molar-refractivity contribution in [2.45, 2.75) is 19.1 Å². The number of amides is 1. The molecular formula is C17H20N4O3. The second-order valence-electron chi connectivity index (χ2n) is 6.31. The van der Waals surface area contributed by atoms with E-state index in [-0.39, 0.29) is 17.9 Å². The molecule has 2 saturated heterocycles. The lowest BCUT2D eigenvalue weighted by atomic mass is 9.90. The van der Waals surface area contributed by atoms with Gasteiger partial charge >= 0.3 is 0 Å². The van der Waals surface area contributed by atoms with E-state index in [0.29, 0.717) is 25.5 Å². The summed E-state index contributed by atoms with van der Waals surface area (Å²) in [5, 5.41) is 2.91. The van der Waals surface area contributed by atoms with Crippen LogP contribution in [-0.2, 0) is 16.1 Å². The Kier molecular flexibility index (Phi) is 4.17. The van der Waals surface area contributed by atoms with Gasteiger partial charge in [-0.15, -0.1) is 0 Å². The summed E-state index contributed by atoms with van der Waals surface area (Å²) in [4.78, 5) is 22.9. The van der Waals surface area contributed by atoms with Gasteiger partial charge in [-0.1, -0.05) is 0 Å². The van der Waals surface area contributed by atoms with Crippen LogP contribution >= 0.6 is 0 Å².